The molecule has 0 amide bonds. The second-order valence-corrected chi connectivity index (χ2v) is 3.29. The van der Waals surface area contributed by atoms with E-state index in [1.54, 1.807) is 0 Å². The Labute approximate surface area is 82.8 Å². The third kappa shape index (κ3) is 3.35. The molecule has 1 aromatic carbocycles. The highest BCUT2D eigenvalue weighted by Crippen LogP contribution is 2.06. The van der Waals surface area contributed by atoms with Gasteiger partial charge >= 0.3 is 0 Å². The predicted molar refractivity (Wildman–Crippen MR) is 52.9 cm³/mol. The summed E-state index contributed by atoms with van der Waals surface area (Å²) in [5.74, 6) is 0.0635. The minimum absolute atomic E-state index is 0.0635. The molecule has 0 heterocycles. The first kappa shape index (κ1) is 10.5. The Balaban J connectivity index is 2.50. The Hall–Kier alpha value is -0.570. The number of rotatable bonds is 4. The summed E-state index contributed by atoms with van der Waals surface area (Å²) in [6.45, 7) is 0. The molecule has 0 spiro atoms. The van der Waals surface area contributed by atoms with Crippen LogP contribution in [0.5, 0.6) is 0 Å². The Morgan fingerprint density at radius 1 is 1.08 bits per heavy atom. The SMILES string of the molecule is OC(CCl)C(O)Cc1ccccc1. The molecule has 2 unspecified atom stereocenters. The number of halogens is 1. The molecule has 0 fully saturated rings. The van der Waals surface area contributed by atoms with Crippen LogP contribution in [0.2, 0.25) is 0 Å². The maximum atomic E-state index is 9.44. The molecular weight excluding hydrogens is 188 g/mol. The van der Waals surface area contributed by atoms with E-state index in [1.807, 2.05) is 30.3 Å². The van der Waals surface area contributed by atoms with Crippen molar-refractivity contribution in [1.82, 2.24) is 0 Å². The highest BCUT2D eigenvalue weighted by molar-refractivity contribution is 6.18. The zero-order valence-corrected chi connectivity index (χ0v) is 7.98. The van der Waals surface area contributed by atoms with Crippen molar-refractivity contribution < 1.29 is 10.2 Å². The molecular formula is C10H13ClO2. The smallest absolute Gasteiger partial charge is 0.0937 e. The second-order valence-electron chi connectivity index (χ2n) is 2.98. The van der Waals surface area contributed by atoms with Crippen molar-refractivity contribution in [3.8, 4) is 0 Å². The van der Waals surface area contributed by atoms with Crippen molar-refractivity contribution in [2.24, 2.45) is 0 Å². The monoisotopic (exact) mass is 200 g/mol. The van der Waals surface area contributed by atoms with Crippen molar-refractivity contribution in [3.05, 3.63) is 35.9 Å². The highest BCUT2D eigenvalue weighted by atomic mass is 35.5. The van der Waals surface area contributed by atoms with Crippen LogP contribution in [0, 0.1) is 0 Å². The molecule has 2 nitrogen and oxygen atoms in total. The standard InChI is InChI=1S/C10H13ClO2/c11-7-10(13)9(12)6-8-4-2-1-3-5-8/h1-5,9-10,12-13H,6-7H2. The van der Waals surface area contributed by atoms with E-state index in [1.165, 1.54) is 0 Å². The van der Waals surface area contributed by atoms with Crippen molar-refractivity contribution in [3.63, 3.8) is 0 Å². The molecule has 2 N–H and O–H groups in total. The van der Waals surface area contributed by atoms with E-state index in [0.717, 1.165) is 5.56 Å². The molecule has 1 aromatic rings. The number of aliphatic hydroxyl groups is 2. The maximum Gasteiger partial charge on any atom is 0.0937 e. The molecule has 0 aliphatic heterocycles. The largest absolute Gasteiger partial charge is 0.390 e. The van der Waals surface area contributed by atoms with Crippen LogP contribution in [0.3, 0.4) is 0 Å². The van der Waals surface area contributed by atoms with Gasteiger partial charge in [-0.1, -0.05) is 30.3 Å². The molecule has 3 heteroatoms. The number of hydrogen-bond acceptors (Lipinski definition) is 2. The fourth-order valence-corrected chi connectivity index (χ4v) is 1.30. The van der Waals surface area contributed by atoms with E-state index in [2.05, 4.69) is 0 Å². The molecule has 0 aliphatic carbocycles. The summed E-state index contributed by atoms with van der Waals surface area (Å²) >= 11 is 5.40. The molecule has 1 rings (SSSR count). The normalized spacial score (nSPS) is 15.3. The van der Waals surface area contributed by atoms with Gasteiger partial charge in [0.2, 0.25) is 0 Å². The summed E-state index contributed by atoms with van der Waals surface area (Å²) in [4.78, 5) is 0. The van der Waals surface area contributed by atoms with Crippen LogP contribution >= 0.6 is 11.6 Å². The van der Waals surface area contributed by atoms with Gasteiger partial charge in [-0.3, -0.25) is 0 Å². The van der Waals surface area contributed by atoms with Gasteiger partial charge in [-0.05, 0) is 5.56 Å². The van der Waals surface area contributed by atoms with Gasteiger partial charge in [0.1, 0.15) is 0 Å². The molecule has 72 valence electrons. The molecule has 0 aromatic heterocycles. The number of alkyl halides is 1. The second kappa shape index (κ2) is 5.22. The fraction of sp³-hybridized carbons (Fsp3) is 0.400. The first-order chi connectivity index (χ1) is 6.24. The van der Waals surface area contributed by atoms with Crippen molar-refractivity contribution >= 4 is 11.6 Å². The Morgan fingerprint density at radius 3 is 2.23 bits per heavy atom. The molecule has 0 saturated carbocycles. The van der Waals surface area contributed by atoms with Gasteiger partial charge in [0.25, 0.3) is 0 Å². The number of hydrogen-bond donors (Lipinski definition) is 2. The van der Waals surface area contributed by atoms with Crippen LogP contribution in [0.25, 0.3) is 0 Å². The minimum atomic E-state index is -0.845. The van der Waals surface area contributed by atoms with Gasteiger partial charge in [-0.25, -0.2) is 0 Å². The van der Waals surface area contributed by atoms with E-state index in [0.29, 0.717) is 6.42 Å². The van der Waals surface area contributed by atoms with E-state index < -0.39 is 12.2 Å². The van der Waals surface area contributed by atoms with Crippen molar-refractivity contribution in [1.29, 1.82) is 0 Å². The van der Waals surface area contributed by atoms with Crippen LogP contribution in [0.4, 0.5) is 0 Å². The van der Waals surface area contributed by atoms with Gasteiger partial charge in [0, 0.05) is 6.42 Å². The van der Waals surface area contributed by atoms with Crippen LogP contribution in [0.1, 0.15) is 5.56 Å². The third-order valence-corrected chi connectivity index (χ3v) is 2.21. The van der Waals surface area contributed by atoms with Gasteiger partial charge in [0.05, 0.1) is 18.1 Å². The summed E-state index contributed by atoms with van der Waals surface area (Å²) in [6.07, 6.45) is -1.18. The molecule has 13 heavy (non-hydrogen) atoms. The summed E-state index contributed by atoms with van der Waals surface area (Å²) in [5.41, 5.74) is 0.999. The van der Waals surface area contributed by atoms with E-state index in [-0.39, 0.29) is 5.88 Å². The summed E-state index contributed by atoms with van der Waals surface area (Å²) < 4.78 is 0. The number of aliphatic hydroxyl groups excluding tert-OH is 2. The lowest BCUT2D eigenvalue weighted by molar-refractivity contribution is 0.0341. The topological polar surface area (TPSA) is 40.5 Å². The lowest BCUT2D eigenvalue weighted by atomic mass is 10.1. The highest BCUT2D eigenvalue weighted by Gasteiger charge is 2.14. The summed E-state index contributed by atoms with van der Waals surface area (Å²) in [6, 6.07) is 9.52. The molecule has 0 bridgehead atoms. The Kier molecular flexibility index (Phi) is 4.22. The first-order valence-electron chi connectivity index (χ1n) is 4.20. The molecule has 0 aliphatic rings. The lowest BCUT2D eigenvalue weighted by Gasteiger charge is -2.14. The summed E-state index contributed by atoms with van der Waals surface area (Å²) in [7, 11) is 0. The van der Waals surface area contributed by atoms with Crippen LogP contribution in [-0.2, 0) is 6.42 Å². The minimum Gasteiger partial charge on any atom is -0.390 e. The fourth-order valence-electron chi connectivity index (χ4n) is 1.09. The molecule has 2 atom stereocenters. The van der Waals surface area contributed by atoms with Crippen molar-refractivity contribution in [2.45, 2.75) is 18.6 Å². The van der Waals surface area contributed by atoms with Gasteiger partial charge in [0.15, 0.2) is 0 Å². The van der Waals surface area contributed by atoms with Gasteiger partial charge < -0.3 is 10.2 Å². The third-order valence-electron chi connectivity index (χ3n) is 1.89. The summed E-state index contributed by atoms with van der Waals surface area (Å²) in [5, 5.41) is 18.6. The maximum absolute atomic E-state index is 9.44. The van der Waals surface area contributed by atoms with E-state index >= 15 is 0 Å². The van der Waals surface area contributed by atoms with Gasteiger partial charge in [-0.15, -0.1) is 11.6 Å². The van der Waals surface area contributed by atoms with Gasteiger partial charge in [-0.2, -0.15) is 0 Å². The van der Waals surface area contributed by atoms with Crippen LogP contribution in [-0.4, -0.2) is 28.3 Å². The first-order valence-corrected chi connectivity index (χ1v) is 4.73. The quantitative estimate of drug-likeness (QED) is 0.717. The Morgan fingerprint density at radius 2 is 1.69 bits per heavy atom. The van der Waals surface area contributed by atoms with Crippen LogP contribution in [0.15, 0.2) is 30.3 Å². The predicted octanol–water partition coefficient (Wildman–Crippen LogP) is 1.19. The van der Waals surface area contributed by atoms with E-state index in [9.17, 15) is 10.2 Å². The van der Waals surface area contributed by atoms with Crippen LogP contribution < -0.4 is 0 Å². The van der Waals surface area contributed by atoms with Crippen molar-refractivity contribution in [2.75, 3.05) is 5.88 Å². The molecule has 0 radical (unpaired) electrons. The zero-order valence-electron chi connectivity index (χ0n) is 7.23. The average Bonchev–Trinajstić information content (AvgIpc) is 2.18. The molecule has 0 saturated heterocycles. The zero-order chi connectivity index (χ0) is 9.68. The lowest BCUT2D eigenvalue weighted by Crippen LogP contribution is -2.29. The van der Waals surface area contributed by atoms with E-state index in [4.69, 9.17) is 11.6 Å². The number of benzene rings is 1. The average molecular weight is 201 g/mol. The Bertz CT molecular complexity index is 238.